The molecule has 0 radical (unpaired) electrons. The fourth-order valence-corrected chi connectivity index (χ4v) is 2.59. The fraction of sp³-hybridized carbons (Fsp3) is 0.100. The zero-order chi connectivity index (χ0) is 18.5. The van der Waals surface area contributed by atoms with Crippen molar-refractivity contribution >= 4 is 17.6 Å². The Labute approximate surface area is 150 Å². The number of ether oxygens (including phenoxy) is 1. The molecule has 3 rings (SSSR count). The second-order valence-electron chi connectivity index (χ2n) is 5.68. The van der Waals surface area contributed by atoms with Crippen LogP contribution in [0.2, 0.25) is 0 Å². The van der Waals surface area contributed by atoms with Gasteiger partial charge in [-0.15, -0.1) is 0 Å². The molecule has 0 atom stereocenters. The molecule has 0 unspecified atom stereocenters. The number of benzene rings is 2. The van der Waals surface area contributed by atoms with E-state index < -0.39 is 5.97 Å². The zero-order valence-corrected chi connectivity index (χ0v) is 14.2. The normalized spacial score (nSPS) is 10.3. The standard InChI is InChI=1S/C20H18N2O4/c1-26-20(25)16-5-4-6-17(19(16)24)21-18(23)13-14-7-9-15(10-8-14)22-11-2-3-12-22/h2-12,24H,13H2,1H3,(H,21,23). The van der Waals surface area contributed by atoms with E-state index in [4.69, 9.17) is 0 Å². The largest absolute Gasteiger partial charge is 0.505 e. The zero-order valence-electron chi connectivity index (χ0n) is 14.2. The molecule has 0 spiro atoms. The van der Waals surface area contributed by atoms with Gasteiger partial charge in [0.05, 0.1) is 19.2 Å². The molecule has 6 heteroatoms. The Morgan fingerprint density at radius 3 is 2.38 bits per heavy atom. The van der Waals surface area contributed by atoms with Crippen LogP contribution >= 0.6 is 0 Å². The summed E-state index contributed by atoms with van der Waals surface area (Å²) in [4.78, 5) is 23.9. The molecule has 26 heavy (non-hydrogen) atoms. The number of nitrogens with one attached hydrogen (secondary N) is 1. The van der Waals surface area contributed by atoms with Gasteiger partial charge in [-0.2, -0.15) is 0 Å². The van der Waals surface area contributed by atoms with Crippen LogP contribution in [0, 0.1) is 0 Å². The molecule has 1 aromatic heterocycles. The molecular weight excluding hydrogens is 332 g/mol. The van der Waals surface area contributed by atoms with Crippen LogP contribution in [0.15, 0.2) is 67.0 Å². The first kappa shape index (κ1) is 17.3. The van der Waals surface area contributed by atoms with Crippen molar-refractivity contribution < 1.29 is 19.4 Å². The van der Waals surface area contributed by atoms with Crippen LogP contribution in [-0.4, -0.2) is 28.7 Å². The Morgan fingerprint density at radius 1 is 1.04 bits per heavy atom. The lowest BCUT2D eigenvalue weighted by atomic mass is 10.1. The third kappa shape index (κ3) is 3.75. The van der Waals surface area contributed by atoms with Gasteiger partial charge in [0.1, 0.15) is 5.56 Å². The molecule has 0 bridgehead atoms. The number of phenolic OH excluding ortho intramolecular Hbond substituents is 1. The van der Waals surface area contributed by atoms with Crippen LogP contribution in [-0.2, 0) is 16.0 Å². The number of amides is 1. The maximum absolute atomic E-state index is 12.3. The lowest BCUT2D eigenvalue weighted by Crippen LogP contribution is -2.15. The number of esters is 1. The number of carbonyl (C=O) groups excluding carboxylic acids is 2. The number of hydrogen-bond donors (Lipinski definition) is 2. The smallest absolute Gasteiger partial charge is 0.341 e. The topological polar surface area (TPSA) is 80.6 Å². The first-order chi connectivity index (χ1) is 12.6. The molecule has 2 N–H and O–H groups in total. The van der Waals surface area contributed by atoms with Gasteiger partial charge in [-0.25, -0.2) is 4.79 Å². The van der Waals surface area contributed by atoms with Gasteiger partial charge in [0.25, 0.3) is 0 Å². The van der Waals surface area contributed by atoms with Gasteiger partial charge in [-0.05, 0) is 42.0 Å². The van der Waals surface area contributed by atoms with E-state index in [1.165, 1.54) is 19.2 Å². The molecule has 2 aromatic carbocycles. The van der Waals surface area contributed by atoms with Crippen molar-refractivity contribution in [2.75, 3.05) is 12.4 Å². The van der Waals surface area contributed by atoms with Crippen molar-refractivity contribution in [1.29, 1.82) is 0 Å². The SMILES string of the molecule is COC(=O)c1cccc(NC(=O)Cc2ccc(-n3cccc3)cc2)c1O. The Balaban J connectivity index is 1.69. The first-order valence-corrected chi connectivity index (χ1v) is 8.01. The summed E-state index contributed by atoms with van der Waals surface area (Å²) in [5, 5.41) is 12.7. The van der Waals surface area contributed by atoms with E-state index in [1.54, 1.807) is 6.07 Å². The Hall–Kier alpha value is -3.54. The lowest BCUT2D eigenvalue weighted by molar-refractivity contribution is -0.115. The quantitative estimate of drug-likeness (QED) is 0.547. The van der Waals surface area contributed by atoms with Crippen LogP contribution in [0.1, 0.15) is 15.9 Å². The van der Waals surface area contributed by atoms with E-state index in [0.29, 0.717) is 0 Å². The maximum atomic E-state index is 12.3. The molecule has 0 saturated heterocycles. The average Bonchev–Trinajstić information content (AvgIpc) is 3.18. The maximum Gasteiger partial charge on any atom is 0.341 e. The van der Waals surface area contributed by atoms with Crippen molar-refractivity contribution in [3.63, 3.8) is 0 Å². The molecule has 0 aliphatic rings. The number of carbonyl (C=O) groups is 2. The summed E-state index contributed by atoms with van der Waals surface area (Å²) < 4.78 is 6.57. The minimum atomic E-state index is -0.667. The molecule has 1 heterocycles. The van der Waals surface area contributed by atoms with E-state index >= 15 is 0 Å². The van der Waals surface area contributed by atoms with Crippen molar-refractivity contribution in [3.8, 4) is 11.4 Å². The molecule has 0 fully saturated rings. The van der Waals surface area contributed by atoms with Gasteiger partial charge in [0, 0.05) is 18.1 Å². The van der Waals surface area contributed by atoms with Gasteiger partial charge in [0.2, 0.25) is 5.91 Å². The number of hydrogen-bond acceptors (Lipinski definition) is 4. The van der Waals surface area contributed by atoms with Crippen molar-refractivity contribution in [1.82, 2.24) is 4.57 Å². The van der Waals surface area contributed by atoms with Gasteiger partial charge in [-0.3, -0.25) is 4.79 Å². The highest BCUT2D eigenvalue weighted by atomic mass is 16.5. The summed E-state index contributed by atoms with van der Waals surface area (Å²) in [6.07, 6.45) is 4.03. The summed E-state index contributed by atoms with van der Waals surface area (Å²) >= 11 is 0. The molecule has 0 aliphatic carbocycles. The van der Waals surface area contributed by atoms with E-state index in [0.717, 1.165) is 11.3 Å². The summed E-state index contributed by atoms with van der Waals surface area (Å²) in [6.45, 7) is 0. The van der Waals surface area contributed by atoms with Crippen molar-refractivity contribution in [2.45, 2.75) is 6.42 Å². The number of aromatic hydroxyl groups is 1. The highest BCUT2D eigenvalue weighted by Crippen LogP contribution is 2.28. The Bertz CT molecular complexity index is 915. The molecule has 3 aromatic rings. The number of rotatable bonds is 5. The molecular formula is C20H18N2O4. The Kier molecular flexibility index (Phi) is 5.03. The molecule has 0 saturated carbocycles. The number of phenols is 1. The molecule has 132 valence electrons. The lowest BCUT2D eigenvalue weighted by Gasteiger charge is -2.10. The molecule has 6 nitrogen and oxygen atoms in total. The highest BCUT2D eigenvalue weighted by molar-refractivity contribution is 5.99. The predicted octanol–water partition coefficient (Wildman–Crippen LogP) is 3.15. The van der Waals surface area contributed by atoms with Crippen molar-refractivity contribution in [3.05, 3.63) is 78.1 Å². The summed E-state index contributed by atoms with van der Waals surface area (Å²) in [6, 6.07) is 16.0. The monoisotopic (exact) mass is 350 g/mol. The van der Waals surface area contributed by atoms with Gasteiger partial charge in [-0.1, -0.05) is 18.2 Å². The summed E-state index contributed by atoms with van der Waals surface area (Å²) in [5.74, 6) is -1.27. The summed E-state index contributed by atoms with van der Waals surface area (Å²) in [7, 11) is 1.23. The number of aromatic nitrogens is 1. The van der Waals surface area contributed by atoms with Gasteiger partial charge >= 0.3 is 5.97 Å². The van der Waals surface area contributed by atoms with Gasteiger partial charge < -0.3 is 19.7 Å². The highest BCUT2D eigenvalue weighted by Gasteiger charge is 2.16. The second-order valence-corrected chi connectivity index (χ2v) is 5.68. The minimum absolute atomic E-state index is 0.00127. The van der Waals surface area contributed by atoms with Crippen LogP contribution < -0.4 is 5.32 Å². The second kappa shape index (κ2) is 7.57. The van der Waals surface area contributed by atoms with Crippen LogP contribution in [0.5, 0.6) is 5.75 Å². The van der Waals surface area contributed by atoms with Gasteiger partial charge in [0.15, 0.2) is 5.75 Å². The van der Waals surface area contributed by atoms with Crippen LogP contribution in [0.3, 0.4) is 0 Å². The van der Waals surface area contributed by atoms with Crippen LogP contribution in [0.25, 0.3) is 5.69 Å². The third-order valence-corrected chi connectivity index (χ3v) is 3.92. The van der Waals surface area contributed by atoms with E-state index in [1.807, 2.05) is 53.4 Å². The van der Waals surface area contributed by atoms with Crippen LogP contribution in [0.4, 0.5) is 5.69 Å². The average molecular weight is 350 g/mol. The number of methoxy groups -OCH3 is 1. The van der Waals surface area contributed by atoms with E-state index in [9.17, 15) is 14.7 Å². The Morgan fingerprint density at radius 2 is 1.73 bits per heavy atom. The minimum Gasteiger partial charge on any atom is -0.505 e. The summed E-state index contributed by atoms with van der Waals surface area (Å²) in [5.41, 5.74) is 2.01. The number of anilines is 1. The van der Waals surface area contributed by atoms with Crippen molar-refractivity contribution in [2.24, 2.45) is 0 Å². The first-order valence-electron chi connectivity index (χ1n) is 8.01. The fourth-order valence-electron chi connectivity index (χ4n) is 2.59. The van der Waals surface area contributed by atoms with E-state index in [2.05, 4.69) is 10.1 Å². The third-order valence-electron chi connectivity index (χ3n) is 3.92. The van der Waals surface area contributed by atoms with E-state index in [-0.39, 0.29) is 29.3 Å². The number of para-hydroxylation sites is 1. The molecule has 1 amide bonds. The predicted molar refractivity (Wildman–Crippen MR) is 97.5 cm³/mol. The molecule has 0 aliphatic heterocycles. The number of nitrogens with zero attached hydrogens (tertiary/aromatic N) is 1.